The molecule has 0 spiro atoms. The summed E-state index contributed by atoms with van der Waals surface area (Å²) < 4.78 is 30.2. The van der Waals surface area contributed by atoms with Crippen LogP contribution in [0, 0.1) is 0 Å². The minimum absolute atomic E-state index is 0.134. The third-order valence-corrected chi connectivity index (χ3v) is 5.82. The monoisotopic (exact) mass is 379 g/mol. The Bertz CT molecular complexity index is 672. The second kappa shape index (κ2) is 6.54. The van der Waals surface area contributed by atoms with Crippen molar-refractivity contribution in [3.8, 4) is 0 Å². The first-order chi connectivity index (χ1) is 9.62. The molecule has 0 bridgehead atoms. The van der Waals surface area contributed by atoms with Crippen LogP contribution in [0.4, 0.5) is 0 Å². The van der Waals surface area contributed by atoms with Gasteiger partial charge >= 0.3 is 11.9 Å². The van der Waals surface area contributed by atoms with E-state index in [0.717, 1.165) is 4.31 Å². The van der Waals surface area contributed by atoms with Crippen LogP contribution in [0.15, 0.2) is 27.6 Å². The van der Waals surface area contributed by atoms with Gasteiger partial charge < -0.3 is 9.84 Å². The van der Waals surface area contributed by atoms with Crippen LogP contribution < -0.4 is 0 Å². The van der Waals surface area contributed by atoms with Gasteiger partial charge in [-0.15, -0.1) is 0 Å². The number of carboxylic acid groups (broad SMARTS) is 1. The molecule has 0 aromatic heterocycles. The van der Waals surface area contributed by atoms with Crippen molar-refractivity contribution in [2.75, 3.05) is 14.2 Å². The summed E-state index contributed by atoms with van der Waals surface area (Å²) in [6, 6.07) is 2.60. The Labute approximate surface area is 130 Å². The van der Waals surface area contributed by atoms with E-state index in [1.807, 2.05) is 0 Å². The van der Waals surface area contributed by atoms with Gasteiger partial charge in [-0.1, -0.05) is 0 Å². The Kier molecular flexibility index (Phi) is 5.48. The molecule has 0 aliphatic rings. The number of aliphatic carboxylic acids is 1. The van der Waals surface area contributed by atoms with Gasteiger partial charge in [-0.2, -0.15) is 4.31 Å². The van der Waals surface area contributed by atoms with Crippen molar-refractivity contribution in [3.05, 3.63) is 28.2 Å². The maximum absolute atomic E-state index is 12.4. The molecular weight excluding hydrogens is 366 g/mol. The van der Waals surface area contributed by atoms with E-state index in [1.165, 1.54) is 39.3 Å². The normalized spacial score (nSPS) is 13.0. The summed E-state index contributed by atoms with van der Waals surface area (Å²) in [5.41, 5.74) is 0.178. The lowest BCUT2D eigenvalue weighted by Gasteiger charge is -2.21. The summed E-state index contributed by atoms with van der Waals surface area (Å²) in [6.07, 6.45) is 0. The number of esters is 1. The average molecular weight is 380 g/mol. The van der Waals surface area contributed by atoms with Crippen LogP contribution in [-0.4, -0.2) is 50.0 Å². The van der Waals surface area contributed by atoms with Gasteiger partial charge in [0.2, 0.25) is 10.0 Å². The summed E-state index contributed by atoms with van der Waals surface area (Å²) in [4.78, 5) is 22.2. The third-order valence-electron chi connectivity index (χ3n) is 2.91. The molecule has 116 valence electrons. The van der Waals surface area contributed by atoms with Crippen molar-refractivity contribution in [1.82, 2.24) is 4.31 Å². The van der Waals surface area contributed by atoms with Crippen LogP contribution in [-0.2, 0) is 19.6 Å². The quantitative estimate of drug-likeness (QED) is 0.774. The molecule has 1 N–H and O–H groups in total. The predicted octanol–water partition coefficient (Wildman–Crippen LogP) is 1.33. The van der Waals surface area contributed by atoms with Crippen molar-refractivity contribution in [2.45, 2.75) is 17.9 Å². The number of rotatable bonds is 5. The number of halogens is 1. The predicted molar refractivity (Wildman–Crippen MR) is 77.5 cm³/mol. The van der Waals surface area contributed by atoms with Gasteiger partial charge in [0.25, 0.3) is 0 Å². The first-order valence-corrected chi connectivity index (χ1v) is 7.95. The van der Waals surface area contributed by atoms with Crippen molar-refractivity contribution >= 4 is 37.9 Å². The molecule has 1 unspecified atom stereocenters. The fourth-order valence-electron chi connectivity index (χ4n) is 1.47. The fourth-order valence-corrected chi connectivity index (χ4v) is 3.83. The molecule has 1 aromatic rings. The number of nitrogens with zero attached hydrogens (tertiary/aromatic N) is 1. The number of carboxylic acids is 1. The van der Waals surface area contributed by atoms with Gasteiger partial charge in [0.1, 0.15) is 6.04 Å². The van der Waals surface area contributed by atoms with Gasteiger partial charge in [-0.05, 0) is 41.1 Å². The second-order valence-electron chi connectivity index (χ2n) is 4.17. The molecule has 0 saturated heterocycles. The Morgan fingerprint density at radius 3 is 2.38 bits per heavy atom. The van der Waals surface area contributed by atoms with E-state index in [2.05, 4.69) is 20.7 Å². The standard InChI is InChI=1S/C12H14BrNO6S/c1-7(11(15)16)14(2)21(18,19)10-5-4-8(6-9(10)13)12(17)20-3/h4-7H,1-3H3,(H,15,16). The van der Waals surface area contributed by atoms with Crippen LogP contribution in [0.3, 0.4) is 0 Å². The minimum Gasteiger partial charge on any atom is -0.480 e. The number of ether oxygens (including phenoxy) is 1. The zero-order valence-electron chi connectivity index (χ0n) is 11.5. The highest BCUT2D eigenvalue weighted by Gasteiger charge is 2.31. The van der Waals surface area contributed by atoms with Gasteiger partial charge in [-0.25, -0.2) is 13.2 Å². The lowest BCUT2D eigenvalue weighted by atomic mass is 10.2. The van der Waals surface area contributed by atoms with E-state index >= 15 is 0 Å². The van der Waals surface area contributed by atoms with Crippen LogP contribution >= 0.6 is 15.9 Å². The number of sulfonamides is 1. The topological polar surface area (TPSA) is 101 Å². The fraction of sp³-hybridized carbons (Fsp3) is 0.333. The molecular formula is C12H14BrNO6S. The molecule has 0 aliphatic heterocycles. The lowest BCUT2D eigenvalue weighted by Crippen LogP contribution is -2.40. The molecule has 0 fully saturated rings. The van der Waals surface area contributed by atoms with Gasteiger partial charge in [-0.3, -0.25) is 4.79 Å². The maximum atomic E-state index is 12.4. The molecule has 0 amide bonds. The van der Waals surface area contributed by atoms with E-state index in [0.29, 0.717) is 0 Å². The zero-order valence-corrected chi connectivity index (χ0v) is 13.9. The second-order valence-corrected chi connectivity index (χ2v) is 6.99. The van der Waals surface area contributed by atoms with Crippen LogP contribution in [0.5, 0.6) is 0 Å². The smallest absolute Gasteiger partial charge is 0.337 e. The van der Waals surface area contributed by atoms with E-state index in [1.54, 1.807) is 0 Å². The van der Waals surface area contributed by atoms with E-state index in [4.69, 9.17) is 5.11 Å². The number of carbonyl (C=O) groups is 2. The summed E-state index contributed by atoms with van der Waals surface area (Å²) in [5, 5.41) is 8.90. The highest BCUT2D eigenvalue weighted by atomic mass is 79.9. The Morgan fingerprint density at radius 2 is 1.95 bits per heavy atom. The molecule has 1 aromatic carbocycles. The van der Waals surface area contributed by atoms with E-state index in [9.17, 15) is 18.0 Å². The molecule has 0 aliphatic carbocycles. The average Bonchev–Trinajstić information content (AvgIpc) is 2.43. The highest BCUT2D eigenvalue weighted by molar-refractivity contribution is 9.10. The SMILES string of the molecule is COC(=O)c1ccc(S(=O)(=O)N(C)C(C)C(=O)O)c(Br)c1. The molecule has 7 nitrogen and oxygen atoms in total. The van der Waals surface area contributed by atoms with Crippen molar-refractivity contribution in [1.29, 1.82) is 0 Å². The van der Waals surface area contributed by atoms with Crippen molar-refractivity contribution in [2.24, 2.45) is 0 Å². The summed E-state index contributed by atoms with van der Waals surface area (Å²) in [7, 11) is -1.62. The molecule has 21 heavy (non-hydrogen) atoms. The summed E-state index contributed by atoms with van der Waals surface area (Å²) >= 11 is 3.07. The Balaban J connectivity index is 3.27. The number of carbonyl (C=O) groups excluding carboxylic acids is 1. The molecule has 0 radical (unpaired) electrons. The molecule has 9 heteroatoms. The first kappa shape index (κ1) is 17.6. The number of methoxy groups -OCH3 is 1. The molecule has 0 heterocycles. The van der Waals surface area contributed by atoms with Crippen LogP contribution in [0.25, 0.3) is 0 Å². The highest BCUT2D eigenvalue weighted by Crippen LogP contribution is 2.27. The summed E-state index contributed by atoms with van der Waals surface area (Å²) in [5.74, 6) is -1.87. The molecule has 1 rings (SSSR count). The van der Waals surface area contributed by atoms with Crippen molar-refractivity contribution < 1.29 is 27.9 Å². The van der Waals surface area contributed by atoms with Crippen LogP contribution in [0.1, 0.15) is 17.3 Å². The first-order valence-electron chi connectivity index (χ1n) is 5.71. The number of hydrogen-bond acceptors (Lipinski definition) is 5. The van der Waals surface area contributed by atoms with Crippen LogP contribution in [0.2, 0.25) is 0 Å². The molecule has 0 saturated carbocycles. The number of benzene rings is 1. The third kappa shape index (κ3) is 3.60. The van der Waals surface area contributed by atoms with E-state index in [-0.39, 0.29) is 14.9 Å². The Morgan fingerprint density at radius 1 is 1.38 bits per heavy atom. The van der Waals surface area contributed by atoms with Gasteiger partial charge in [0.15, 0.2) is 0 Å². The largest absolute Gasteiger partial charge is 0.480 e. The van der Waals surface area contributed by atoms with Gasteiger partial charge in [0.05, 0.1) is 17.6 Å². The lowest BCUT2D eigenvalue weighted by molar-refractivity contribution is -0.140. The number of hydrogen-bond donors (Lipinski definition) is 1. The molecule has 1 atom stereocenters. The van der Waals surface area contributed by atoms with E-state index < -0.39 is 28.0 Å². The summed E-state index contributed by atoms with van der Waals surface area (Å²) in [6.45, 7) is 1.26. The number of likely N-dealkylation sites (N-methyl/N-ethyl adjacent to an activating group) is 1. The Hall–Kier alpha value is -1.45. The van der Waals surface area contributed by atoms with Crippen molar-refractivity contribution in [3.63, 3.8) is 0 Å². The zero-order chi connectivity index (χ0) is 16.4. The minimum atomic E-state index is -4.01. The van der Waals surface area contributed by atoms with Gasteiger partial charge in [0, 0.05) is 11.5 Å². The maximum Gasteiger partial charge on any atom is 0.337 e.